The zero-order valence-electron chi connectivity index (χ0n) is 19.8. The van der Waals surface area contributed by atoms with Crippen LogP contribution in [0.1, 0.15) is 30.5 Å². The predicted molar refractivity (Wildman–Crippen MR) is 140 cm³/mol. The van der Waals surface area contributed by atoms with Crippen LogP contribution in [0, 0.1) is 20.8 Å². The summed E-state index contributed by atoms with van der Waals surface area (Å²) >= 11 is 1.43. The number of aryl methyl sites for hydroxylation is 3. The molecule has 1 aromatic heterocycles. The summed E-state index contributed by atoms with van der Waals surface area (Å²) in [5.41, 5.74) is 4.01. The van der Waals surface area contributed by atoms with E-state index in [1.165, 1.54) is 11.3 Å². The molecular formula is C24H32ClN3O3S2. The number of halogens is 1. The lowest BCUT2D eigenvalue weighted by molar-refractivity contribution is -0.116. The summed E-state index contributed by atoms with van der Waals surface area (Å²) < 4.78 is 26.9. The minimum atomic E-state index is -3.75. The summed E-state index contributed by atoms with van der Waals surface area (Å²) in [6.45, 7) is 12.8. The summed E-state index contributed by atoms with van der Waals surface area (Å²) in [7, 11) is -3.75. The second-order valence-electron chi connectivity index (χ2n) is 8.07. The highest BCUT2D eigenvalue weighted by Crippen LogP contribution is 2.32. The summed E-state index contributed by atoms with van der Waals surface area (Å²) in [6, 6.07) is 10.7. The molecule has 0 aliphatic carbocycles. The molecule has 180 valence electrons. The van der Waals surface area contributed by atoms with Crippen LogP contribution in [0.2, 0.25) is 0 Å². The normalized spacial score (nSPS) is 11.6. The van der Waals surface area contributed by atoms with E-state index in [-0.39, 0.29) is 17.3 Å². The molecular weight excluding hydrogens is 478 g/mol. The van der Waals surface area contributed by atoms with Crippen LogP contribution < -0.4 is 4.90 Å². The number of carbonyl (C=O) groups is 1. The third-order valence-corrected chi connectivity index (χ3v) is 8.22. The lowest BCUT2D eigenvalue weighted by Gasteiger charge is -2.24. The Labute approximate surface area is 207 Å². The number of nitrogens with zero attached hydrogens (tertiary/aromatic N) is 3. The van der Waals surface area contributed by atoms with Crippen molar-refractivity contribution in [2.24, 2.45) is 0 Å². The van der Waals surface area contributed by atoms with Gasteiger partial charge in [-0.05, 0) is 63.2 Å². The lowest BCUT2D eigenvalue weighted by atomic mass is 10.1. The summed E-state index contributed by atoms with van der Waals surface area (Å²) in [5, 5.41) is 0.546. The number of anilines is 1. The average Bonchev–Trinajstić information content (AvgIpc) is 3.15. The van der Waals surface area contributed by atoms with Gasteiger partial charge < -0.3 is 4.90 Å². The van der Waals surface area contributed by atoms with Crippen molar-refractivity contribution in [2.75, 3.05) is 36.8 Å². The number of likely N-dealkylation sites (N-methyl/N-ethyl adjacent to an activating group) is 1. The van der Waals surface area contributed by atoms with Crippen molar-refractivity contribution in [3.8, 4) is 0 Å². The summed E-state index contributed by atoms with van der Waals surface area (Å²) in [6.07, 6.45) is 0. The van der Waals surface area contributed by atoms with Crippen molar-refractivity contribution in [3.63, 3.8) is 0 Å². The Bertz CT molecular complexity index is 1200. The number of rotatable bonds is 9. The number of carbonyl (C=O) groups excluding carboxylic acids is 1. The topological polar surface area (TPSA) is 70.6 Å². The van der Waals surface area contributed by atoms with Gasteiger partial charge in [-0.2, -0.15) is 0 Å². The van der Waals surface area contributed by atoms with Crippen molar-refractivity contribution in [1.29, 1.82) is 0 Å². The molecule has 3 rings (SSSR count). The van der Waals surface area contributed by atoms with Crippen molar-refractivity contribution in [3.05, 3.63) is 53.1 Å². The molecule has 0 aliphatic heterocycles. The van der Waals surface area contributed by atoms with Gasteiger partial charge in [0.1, 0.15) is 5.75 Å². The second kappa shape index (κ2) is 11.4. The fourth-order valence-corrected chi connectivity index (χ4v) is 6.04. The van der Waals surface area contributed by atoms with Crippen LogP contribution in [-0.4, -0.2) is 56.1 Å². The van der Waals surface area contributed by atoms with Crippen molar-refractivity contribution in [2.45, 2.75) is 39.5 Å². The Morgan fingerprint density at radius 1 is 0.970 bits per heavy atom. The van der Waals surface area contributed by atoms with E-state index in [0.717, 1.165) is 40.0 Å². The highest BCUT2D eigenvalue weighted by atomic mass is 35.5. The van der Waals surface area contributed by atoms with Gasteiger partial charge in [-0.1, -0.05) is 48.9 Å². The Morgan fingerprint density at radius 2 is 1.61 bits per heavy atom. The maximum absolute atomic E-state index is 13.3. The van der Waals surface area contributed by atoms with E-state index in [1.54, 1.807) is 29.2 Å². The molecule has 0 unspecified atom stereocenters. The Morgan fingerprint density at radius 3 is 2.21 bits per heavy atom. The fourth-order valence-electron chi connectivity index (χ4n) is 3.65. The molecule has 3 aromatic rings. The number of fused-ring (bicyclic) bond motifs is 1. The van der Waals surface area contributed by atoms with E-state index in [2.05, 4.69) is 30.9 Å². The van der Waals surface area contributed by atoms with Crippen molar-refractivity contribution < 1.29 is 13.2 Å². The maximum atomic E-state index is 13.3. The van der Waals surface area contributed by atoms with Gasteiger partial charge >= 0.3 is 0 Å². The van der Waals surface area contributed by atoms with Gasteiger partial charge in [-0.25, -0.2) is 13.4 Å². The molecule has 0 aliphatic rings. The SMILES string of the molecule is CCN(CC)CCN(C(=O)CS(=O)(=O)c1ccc(C)cc1)c1nc2c(C)cc(C)cc2s1.Cl. The molecule has 6 nitrogen and oxygen atoms in total. The highest BCUT2D eigenvalue weighted by molar-refractivity contribution is 7.92. The molecule has 0 saturated carbocycles. The van der Waals surface area contributed by atoms with Gasteiger partial charge in [0.05, 0.1) is 15.1 Å². The molecule has 0 saturated heterocycles. The lowest BCUT2D eigenvalue weighted by Crippen LogP contribution is -2.41. The van der Waals surface area contributed by atoms with E-state index < -0.39 is 21.5 Å². The number of benzene rings is 2. The number of hydrogen-bond acceptors (Lipinski definition) is 6. The van der Waals surface area contributed by atoms with Crippen LogP contribution in [0.15, 0.2) is 41.3 Å². The fraction of sp³-hybridized carbons (Fsp3) is 0.417. The standard InChI is InChI=1S/C24H31N3O3S2.ClH/c1-6-26(7-2)12-13-27(24-25-23-19(5)14-18(4)15-21(23)31-24)22(28)16-32(29,30)20-10-8-17(3)9-11-20;/h8-11,14-15H,6-7,12-13,16H2,1-5H3;1H. The second-order valence-corrected chi connectivity index (χ2v) is 11.1. The van der Waals surface area contributed by atoms with Gasteiger partial charge in [0.15, 0.2) is 15.0 Å². The molecule has 2 aromatic carbocycles. The quantitative estimate of drug-likeness (QED) is 0.414. The maximum Gasteiger partial charge on any atom is 0.244 e. The van der Waals surface area contributed by atoms with Crippen LogP contribution in [-0.2, 0) is 14.6 Å². The van der Waals surface area contributed by atoms with Crippen molar-refractivity contribution in [1.82, 2.24) is 9.88 Å². The highest BCUT2D eigenvalue weighted by Gasteiger charge is 2.27. The Kier molecular flexibility index (Phi) is 9.43. The molecule has 1 heterocycles. The first-order valence-electron chi connectivity index (χ1n) is 10.8. The molecule has 9 heteroatoms. The molecule has 0 N–H and O–H groups in total. The monoisotopic (exact) mass is 509 g/mol. The van der Waals surface area contributed by atoms with E-state index in [0.29, 0.717) is 18.2 Å². The number of hydrogen-bond donors (Lipinski definition) is 0. The van der Waals surface area contributed by atoms with Gasteiger partial charge in [0.25, 0.3) is 0 Å². The molecule has 1 amide bonds. The molecule has 0 radical (unpaired) electrons. The number of aromatic nitrogens is 1. The van der Waals surface area contributed by atoms with Crippen LogP contribution in [0.3, 0.4) is 0 Å². The number of amides is 1. The van der Waals surface area contributed by atoms with Gasteiger partial charge in [0.2, 0.25) is 5.91 Å². The first-order chi connectivity index (χ1) is 15.1. The Balaban J connectivity index is 0.00000385. The van der Waals surface area contributed by atoms with E-state index in [9.17, 15) is 13.2 Å². The van der Waals surface area contributed by atoms with E-state index in [4.69, 9.17) is 4.98 Å². The zero-order chi connectivity index (χ0) is 23.5. The smallest absolute Gasteiger partial charge is 0.244 e. The number of thiazole rings is 1. The Hall–Kier alpha value is -2.00. The summed E-state index contributed by atoms with van der Waals surface area (Å²) in [4.78, 5) is 22.0. The van der Waals surface area contributed by atoms with Crippen LogP contribution >= 0.6 is 23.7 Å². The third-order valence-electron chi connectivity index (χ3n) is 5.58. The zero-order valence-corrected chi connectivity index (χ0v) is 22.2. The van der Waals surface area contributed by atoms with Gasteiger partial charge in [-0.3, -0.25) is 9.69 Å². The number of sulfone groups is 1. The molecule has 0 atom stereocenters. The van der Waals surface area contributed by atoms with E-state index in [1.807, 2.05) is 20.8 Å². The first-order valence-corrected chi connectivity index (χ1v) is 13.3. The van der Waals surface area contributed by atoms with E-state index >= 15 is 0 Å². The average molecular weight is 510 g/mol. The molecule has 0 bridgehead atoms. The third kappa shape index (κ3) is 6.53. The first kappa shape index (κ1) is 27.2. The van der Waals surface area contributed by atoms with Crippen LogP contribution in [0.25, 0.3) is 10.2 Å². The predicted octanol–water partition coefficient (Wildman–Crippen LogP) is 4.79. The van der Waals surface area contributed by atoms with Crippen LogP contribution in [0.4, 0.5) is 5.13 Å². The molecule has 0 spiro atoms. The van der Waals surface area contributed by atoms with Gasteiger partial charge in [-0.15, -0.1) is 12.4 Å². The summed E-state index contributed by atoms with van der Waals surface area (Å²) in [5.74, 6) is -1.03. The largest absolute Gasteiger partial charge is 0.302 e. The van der Waals surface area contributed by atoms with Gasteiger partial charge in [0, 0.05) is 13.1 Å². The van der Waals surface area contributed by atoms with Crippen molar-refractivity contribution >= 4 is 54.8 Å². The molecule has 0 fully saturated rings. The minimum absolute atomic E-state index is 0. The molecule has 33 heavy (non-hydrogen) atoms. The minimum Gasteiger partial charge on any atom is -0.302 e. The van der Waals surface area contributed by atoms with Crippen LogP contribution in [0.5, 0.6) is 0 Å².